The number of nitrogens with one attached hydrogen (secondary N) is 1. The number of hydrogen-bond donors (Lipinski definition) is 2. The van der Waals surface area contributed by atoms with Crippen LogP contribution < -0.4 is 11.1 Å². The lowest BCUT2D eigenvalue weighted by Gasteiger charge is -2.20. The number of amides is 1. The maximum atomic E-state index is 13.3. The van der Waals surface area contributed by atoms with Gasteiger partial charge in [0.1, 0.15) is 5.82 Å². The molecule has 0 bridgehead atoms. The molecule has 0 heterocycles. The second-order valence-electron chi connectivity index (χ2n) is 4.48. The van der Waals surface area contributed by atoms with E-state index in [0.717, 1.165) is 10.4 Å². The summed E-state index contributed by atoms with van der Waals surface area (Å²) in [6, 6.07) is 3.29. The Hall–Kier alpha value is -1.67. The molecule has 8 heteroatoms. The van der Waals surface area contributed by atoms with Gasteiger partial charge < -0.3 is 11.1 Å². The lowest BCUT2D eigenvalue weighted by Crippen LogP contribution is -2.37. The van der Waals surface area contributed by atoms with Crippen molar-refractivity contribution in [1.82, 2.24) is 9.62 Å². The third-order valence-electron chi connectivity index (χ3n) is 2.91. The summed E-state index contributed by atoms with van der Waals surface area (Å²) in [6.45, 7) is 1.60. The van der Waals surface area contributed by atoms with E-state index in [1.807, 2.05) is 0 Å². The Kier molecular flexibility index (Phi) is 5.07. The minimum absolute atomic E-state index is 0.00595. The van der Waals surface area contributed by atoms with Crippen molar-refractivity contribution in [2.45, 2.75) is 11.8 Å². The predicted molar refractivity (Wildman–Crippen MR) is 73.9 cm³/mol. The van der Waals surface area contributed by atoms with Gasteiger partial charge in [-0.15, -0.1) is 0 Å². The normalized spacial score (nSPS) is 13.2. The molecular weight excluding hydrogens is 285 g/mol. The zero-order valence-electron chi connectivity index (χ0n) is 11.6. The molecular formula is C12H18FN3O3S. The fourth-order valence-corrected chi connectivity index (χ4v) is 2.93. The van der Waals surface area contributed by atoms with Crippen LogP contribution in [0.1, 0.15) is 6.92 Å². The van der Waals surface area contributed by atoms with Gasteiger partial charge in [-0.05, 0) is 18.2 Å². The zero-order chi connectivity index (χ0) is 15.5. The van der Waals surface area contributed by atoms with Crippen LogP contribution in [0.15, 0.2) is 23.1 Å². The van der Waals surface area contributed by atoms with Crippen molar-refractivity contribution in [1.29, 1.82) is 0 Å². The molecule has 0 fully saturated rings. The Bertz CT molecular complexity index is 604. The molecule has 1 aromatic carbocycles. The molecule has 1 unspecified atom stereocenters. The molecule has 0 radical (unpaired) electrons. The smallest absolute Gasteiger partial charge is 0.242 e. The van der Waals surface area contributed by atoms with Gasteiger partial charge >= 0.3 is 0 Å². The molecule has 0 aromatic heterocycles. The first-order chi connectivity index (χ1) is 9.20. The molecule has 1 rings (SSSR count). The van der Waals surface area contributed by atoms with Crippen molar-refractivity contribution in [3.8, 4) is 0 Å². The van der Waals surface area contributed by atoms with Gasteiger partial charge in [-0.3, -0.25) is 4.79 Å². The SMILES string of the molecule is CNC(=O)C(C)CN(C)S(=O)(=O)c1ccc(N)c(F)c1. The Balaban J connectivity index is 2.98. The van der Waals surface area contributed by atoms with Crippen LogP contribution in [0.2, 0.25) is 0 Å². The number of halogens is 1. The maximum absolute atomic E-state index is 13.3. The minimum Gasteiger partial charge on any atom is -0.396 e. The number of rotatable bonds is 5. The molecule has 20 heavy (non-hydrogen) atoms. The quantitative estimate of drug-likeness (QED) is 0.771. The van der Waals surface area contributed by atoms with Crippen molar-refractivity contribution < 1.29 is 17.6 Å². The minimum atomic E-state index is -3.86. The van der Waals surface area contributed by atoms with Crippen LogP contribution in [0.25, 0.3) is 0 Å². The standard InChI is InChI=1S/C12H18FN3O3S/c1-8(12(17)15-2)7-16(3)20(18,19)9-4-5-11(14)10(13)6-9/h4-6,8H,7,14H2,1-3H3,(H,15,17). The van der Waals surface area contributed by atoms with Crippen LogP contribution in [0.5, 0.6) is 0 Å². The summed E-state index contributed by atoms with van der Waals surface area (Å²) < 4.78 is 38.8. The maximum Gasteiger partial charge on any atom is 0.242 e. The first kappa shape index (κ1) is 16.4. The molecule has 0 aliphatic rings. The number of nitrogens with two attached hydrogens (primary N) is 1. The third-order valence-corrected chi connectivity index (χ3v) is 4.72. The Morgan fingerprint density at radius 2 is 2.10 bits per heavy atom. The first-order valence-electron chi connectivity index (χ1n) is 5.93. The van der Waals surface area contributed by atoms with Crippen LogP contribution >= 0.6 is 0 Å². The summed E-state index contributed by atoms with van der Waals surface area (Å²) in [4.78, 5) is 11.2. The lowest BCUT2D eigenvalue weighted by atomic mass is 10.2. The highest BCUT2D eigenvalue weighted by molar-refractivity contribution is 7.89. The topological polar surface area (TPSA) is 92.5 Å². The molecule has 6 nitrogen and oxygen atoms in total. The molecule has 0 aliphatic heterocycles. The van der Waals surface area contributed by atoms with Crippen molar-refractivity contribution in [3.63, 3.8) is 0 Å². The third kappa shape index (κ3) is 3.45. The Morgan fingerprint density at radius 3 is 2.60 bits per heavy atom. The van der Waals surface area contributed by atoms with Crippen LogP contribution in [0.3, 0.4) is 0 Å². The van der Waals surface area contributed by atoms with Crippen LogP contribution in [-0.4, -0.2) is 39.3 Å². The summed E-state index contributed by atoms with van der Waals surface area (Å²) in [7, 11) is -1.05. The van der Waals surface area contributed by atoms with Gasteiger partial charge in [0, 0.05) is 26.6 Å². The van der Waals surface area contributed by atoms with E-state index in [-0.39, 0.29) is 23.0 Å². The second kappa shape index (κ2) is 6.19. The number of hydrogen-bond acceptors (Lipinski definition) is 4. The largest absolute Gasteiger partial charge is 0.396 e. The van der Waals surface area contributed by atoms with E-state index < -0.39 is 21.8 Å². The fraction of sp³-hybridized carbons (Fsp3) is 0.417. The van der Waals surface area contributed by atoms with Gasteiger partial charge in [0.15, 0.2) is 0 Å². The highest BCUT2D eigenvalue weighted by Crippen LogP contribution is 2.19. The van der Waals surface area contributed by atoms with Gasteiger partial charge in [0.2, 0.25) is 15.9 Å². The summed E-state index contributed by atoms with van der Waals surface area (Å²) >= 11 is 0. The average Bonchev–Trinajstić information content (AvgIpc) is 2.40. The van der Waals surface area contributed by atoms with E-state index in [2.05, 4.69) is 5.32 Å². The average molecular weight is 303 g/mol. The van der Waals surface area contributed by atoms with Crippen LogP contribution in [0, 0.1) is 11.7 Å². The van der Waals surface area contributed by atoms with Gasteiger partial charge in [0.25, 0.3) is 0 Å². The first-order valence-corrected chi connectivity index (χ1v) is 7.37. The molecule has 1 amide bonds. The summed E-state index contributed by atoms with van der Waals surface area (Å²) in [5, 5.41) is 2.44. The molecule has 0 saturated carbocycles. The van der Waals surface area contributed by atoms with E-state index in [1.165, 1.54) is 26.2 Å². The van der Waals surface area contributed by atoms with Crippen molar-refractivity contribution in [3.05, 3.63) is 24.0 Å². The van der Waals surface area contributed by atoms with Crippen LogP contribution in [-0.2, 0) is 14.8 Å². The predicted octanol–water partition coefficient (Wildman–Crippen LogP) is 0.411. The molecule has 112 valence electrons. The number of carbonyl (C=O) groups excluding carboxylic acids is 1. The van der Waals surface area contributed by atoms with E-state index in [4.69, 9.17) is 5.73 Å². The van der Waals surface area contributed by atoms with E-state index in [0.29, 0.717) is 0 Å². The molecule has 0 saturated heterocycles. The monoisotopic (exact) mass is 303 g/mol. The van der Waals surface area contributed by atoms with Crippen LogP contribution in [0.4, 0.5) is 10.1 Å². The number of benzene rings is 1. The Morgan fingerprint density at radius 1 is 1.50 bits per heavy atom. The van der Waals surface area contributed by atoms with E-state index in [1.54, 1.807) is 6.92 Å². The van der Waals surface area contributed by atoms with Crippen molar-refractivity contribution in [2.75, 3.05) is 26.4 Å². The van der Waals surface area contributed by atoms with Gasteiger partial charge in [-0.2, -0.15) is 0 Å². The Labute approximate surface area is 117 Å². The summed E-state index contributed by atoms with van der Waals surface area (Å²) in [6.07, 6.45) is 0. The van der Waals surface area contributed by atoms with E-state index in [9.17, 15) is 17.6 Å². The van der Waals surface area contributed by atoms with Crippen molar-refractivity contribution >= 4 is 21.6 Å². The zero-order valence-corrected chi connectivity index (χ0v) is 12.4. The second-order valence-corrected chi connectivity index (χ2v) is 6.53. The number of nitrogen functional groups attached to an aromatic ring is 1. The molecule has 0 spiro atoms. The lowest BCUT2D eigenvalue weighted by molar-refractivity contribution is -0.124. The fourth-order valence-electron chi connectivity index (χ4n) is 1.66. The van der Waals surface area contributed by atoms with Gasteiger partial charge in [-0.1, -0.05) is 6.92 Å². The summed E-state index contributed by atoms with van der Waals surface area (Å²) in [5.41, 5.74) is 5.19. The van der Waals surface area contributed by atoms with E-state index >= 15 is 0 Å². The highest BCUT2D eigenvalue weighted by Gasteiger charge is 2.25. The molecule has 1 atom stereocenters. The van der Waals surface area contributed by atoms with Crippen molar-refractivity contribution in [2.24, 2.45) is 5.92 Å². The molecule has 1 aromatic rings. The number of carbonyl (C=O) groups is 1. The number of sulfonamides is 1. The molecule has 0 aliphatic carbocycles. The highest BCUT2D eigenvalue weighted by atomic mass is 32.2. The molecule has 3 N–H and O–H groups in total. The number of anilines is 1. The summed E-state index contributed by atoms with van der Waals surface area (Å²) in [5.74, 6) is -1.58. The number of nitrogens with zero attached hydrogens (tertiary/aromatic N) is 1. The van der Waals surface area contributed by atoms with Gasteiger partial charge in [0.05, 0.1) is 10.6 Å². The van der Waals surface area contributed by atoms with Gasteiger partial charge in [-0.25, -0.2) is 17.1 Å².